The molecule has 1 atom stereocenters. The van der Waals surface area contributed by atoms with Crippen molar-refractivity contribution in [3.05, 3.63) is 71.2 Å². The maximum absolute atomic E-state index is 14.6. The number of hydrogen-bond donors (Lipinski definition) is 0. The van der Waals surface area contributed by atoms with E-state index in [9.17, 15) is 18.8 Å². The third kappa shape index (κ3) is 6.63. The number of nitrogens with zero attached hydrogens (tertiary/aromatic N) is 4. The van der Waals surface area contributed by atoms with Crippen LogP contribution in [0, 0.1) is 29.0 Å². The van der Waals surface area contributed by atoms with Crippen molar-refractivity contribution in [2.75, 3.05) is 21.3 Å². The van der Waals surface area contributed by atoms with Gasteiger partial charge in [0.1, 0.15) is 34.4 Å². The summed E-state index contributed by atoms with van der Waals surface area (Å²) < 4.78 is 31.9. The molecule has 0 fully saturated rings. The minimum absolute atomic E-state index is 0.0429. The van der Waals surface area contributed by atoms with Crippen molar-refractivity contribution >= 4 is 23.5 Å². The monoisotopic (exact) mass is 660 g/mol. The number of hydrogen-bond acceptors (Lipinski definition) is 8. The van der Waals surface area contributed by atoms with Gasteiger partial charge in [0.2, 0.25) is 0 Å². The van der Waals surface area contributed by atoms with E-state index in [1.165, 1.54) is 56.4 Å². The van der Waals surface area contributed by atoms with Crippen molar-refractivity contribution < 1.29 is 33.0 Å². The van der Waals surface area contributed by atoms with Gasteiger partial charge in [-0.2, -0.15) is 5.10 Å². The summed E-state index contributed by atoms with van der Waals surface area (Å²) in [5.74, 6) is -1.46. The van der Waals surface area contributed by atoms with Crippen LogP contribution in [0.5, 0.6) is 5.75 Å². The van der Waals surface area contributed by atoms with E-state index in [2.05, 4.69) is 31.0 Å². The SMILES string of the molecule is COC(=O)c1cc(-c2ccnn3nc(-c4ccc(F)cc4)c(C(=O)N(C)C(=O)OC(C(C)(C)C)C(C)(C)C(C)(C)C)c23)c(C)cc1OC. The van der Waals surface area contributed by atoms with Crippen molar-refractivity contribution in [1.29, 1.82) is 0 Å². The molecule has 0 aliphatic rings. The van der Waals surface area contributed by atoms with Gasteiger partial charge in [-0.3, -0.25) is 4.79 Å². The summed E-state index contributed by atoms with van der Waals surface area (Å²) in [6, 6.07) is 10.5. The van der Waals surface area contributed by atoms with Gasteiger partial charge in [0.25, 0.3) is 5.91 Å². The highest BCUT2D eigenvalue weighted by molar-refractivity contribution is 6.13. The van der Waals surface area contributed by atoms with Crippen molar-refractivity contribution in [3.8, 4) is 28.1 Å². The molecule has 0 bridgehead atoms. The maximum atomic E-state index is 14.6. The van der Waals surface area contributed by atoms with E-state index < -0.39 is 40.7 Å². The number of aromatic nitrogens is 3. The first-order valence-electron chi connectivity index (χ1n) is 15.6. The first-order valence-corrected chi connectivity index (χ1v) is 15.6. The third-order valence-electron chi connectivity index (χ3n) is 9.29. The summed E-state index contributed by atoms with van der Waals surface area (Å²) in [4.78, 5) is 42.1. The van der Waals surface area contributed by atoms with Gasteiger partial charge < -0.3 is 14.2 Å². The fourth-order valence-electron chi connectivity index (χ4n) is 5.85. The minimum Gasteiger partial charge on any atom is -0.496 e. The molecule has 48 heavy (non-hydrogen) atoms. The first-order chi connectivity index (χ1) is 22.2. The molecule has 0 saturated carbocycles. The van der Waals surface area contributed by atoms with E-state index in [1.807, 2.05) is 41.5 Å². The van der Waals surface area contributed by atoms with Crippen LogP contribution in [-0.2, 0) is 9.47 Å². The largest absolute Gasteiger partial charge is 0.496 e. The van der Waals surface area contributed by atoms with E-state index in [0.717, 1.165) is 10.5 Å². The third-order valence-corrected chi connectivity index (χ3v) is 9.29. The molecule has 0 saturated heterocycles. The molecular formula is C37H45FN4O6. The molecule has 0 N–H and O–H groups in total. The smallest absolute Gasteiger partial charge is 0.416 e. The quantitative estimate of drug-likeness (QED) is 0.183. The Labute approximate surface area is 281 Å². The lowest BCUT2D eigenvalue weighted by Crippen LogP contribution is -2.51. The first kappa shape index (κ1) is 36.0. The molecule has 2 aromatic heterocycles. The van der Waals surface area contributed by atoms with Crippen molar-refractivity contribution in [2.24, 2.45) is 16.2 Å². The molecule has 0 aliphatic heterocycles. The highest BCUT2D eigenvalue weighted by atomic mass is 19.1. The highest BCUT2D eigenvalue weighted by Gasteiger charge is 2.48. The number of rotatable bonds is 7. The van der Waals surface area contributed by atoms with Gasteiger partial charge in [0.15, 0.2) is 0 Å². The number of carbonyl (C=O) groups is 3. The van der Waals surface area contributed by atoms with Crippen LogP contribution in [0.2, 0.25) is 0 Å². The van der Waals surface area contributed by atoms with Gasteiger partial charge in [-0.05, 0) is 71.3 Å². The van der Waals surface area contributed by atoms with Gasteiger partial charge in [0.05, 0.1) is 26.0 Å². The molecule has 256 valence electrons. The fourth-order valence-corrected chi connectivity index (χ4v) is 5.85. The second-order valence-corrected chi connectivity index (χ2v) is 14.6. The van der Waals surface area contributed by atoms with Crippen LogP contribution in [-0.4, -0.2) is 65.1 Å². The summed E-state index contributed by atoms with van der Waals surface area (Å²) in [6.07, 6.45) is 0.116. The Hall–Kier alpha value is -4.80. The van der Waals surface area contributed by atoms with E-state index in [1.54, 1.807) is 18.2 Å². The number of amides is 2. The van der Waals surface area contributed by atoms with Crippen LogP contribution < -0.4 is 4.74 Å². The second kappa shape index (κ2) is 13.0. The van der Waals surface area contributed by atoms with E-state index >= 15 is 0 Å². The predicted molar refractivity (Wildman–Crippen MR) is 181 cm³/mol. The lowest BCUT2D eigenvalue weighted by atomic mass is 9.60. The summed E-state index contributed by atoms with van der Waals surface area (Å²) in [6.45, 7) is 18.2. The lowest BCUT2D eigenvalue weighted by Gasteiger charge is -2.49. The molecule has 2 amide bonds. The zero-order chi connectivity index (χ0) is 35.9. The molecule has 11 heteroatoms. The zero-order valence-corrected chi connectivity index (χ0v) is 29.8. The zero-order valence-electron chi connectivity index (χ0n) is 29.8. The number of halogens is 1. The van der Waals surface area contributed by atoms with E-state index in [4.69, 9.17) is 14.2 Å². The van der Waals surface area contributed by atoms with Crippen molar-refractivity contribution in [1.82, 2.24) is 19.7 Å². The number of imide groups is 1. The molecule has 1 unspecified atom stereocenters. The van der Waals surface area contributed by atoms with Gasteiger partial charge in [-0.1, -0.05) is 55.4 Å². The van der Waals surface area contributed by atoms with Crippen LogP contribution in [0.3, 0.4) is 0 Å². The molecule has 4 rings (SSSR count). The Kier molecular flexibility index (Phi) is 9.77. The standard InChI is InChI=1S/C37H45FN4O6/c1-21-19-27(46-11)26(32(44)47-12)20-25(21)24-17-18-39-42-30(24)28(29(40-42)22-13-15-23(38)16-14-22)31(43)41(10)34(45)48-33(35(2,3)4)37(8,9)36(5,6)7/h13-20,33H,1-12H3. The summed E-state index contributed by atoms with van der Waals surface area (Å²) in [5.41, 5.74) is 1.73. The molecule has 0 spiro atoms. The molecule has 10 nitrogen and oxygen atoms in total. The number of benzene rings is 2. The second-order valence-electron chi connectivity index (χ2n) is 14.6. The average Bonchev–Trinajstić information content (AvgIpc) is 3.41. The van der Waals surface area contributed by atoms with Crippen LogP contribution in [0.1, 0.15) is 81.7 Å². The highest BCUT2D eigenvalue weighted by Crippen LogP contribution is 2.48. The number of methoxy groups -OCH3 is 2. The predicted octanol–water partition coefficient (Wildman–Crippen LogP) is 8.00. The number of carbonyl (C=O) groups excluding carboxylic acids is 3. The summed E-state index contributed by atoms with van der Waals surface area (Å²) >= 11 is 0. The Balaban J connectivity index is 1.95. The normalized spacial score (nSPS) is 12.9. The fraction of sp³-hybridized carbons (Fsp3) is 0.432. The van der Waals surface area contributed by atoms with Gasteiger partial charge in [-0.25, -0.2) is 18.9 Å². The molecule has 2 aromatic carbocycles. The Morgan fingerprint density at radius 2 is 1.54 bits per heavy atom. The van der Waals surface area contributed by atoms with Gasteiger partial charge >= 0.3 is 12.1 Å². The molecule has 4 aromatic rings. The van der Waals surface area contributed by atoms with Crippen molar-refractivity contribution in [3.63, 3.8) is 0 Å². The summed E-state index contributed by atoms with van der Waals surface area (Å²) in [7, 11) is 4.09. The Bertz CT molecular complexity index is 1870. The average molecular weight is 661 g/mol. The minimum atomic E-state index is -0.833. The van der Waals surface area contributed by atoms with Crippen molar-refractivity contribution in [2.45, 2.75) is 68.4 Å². The van der Waals surface area contributed by atoms with Crippen LogP contribution >= 0.6 is 0 Å². The topological polar surface area (TPSA) is 112 Å². The molecule has 0 aliphatic carbocycles. The molecular weight excluding hydrogens is 615 g/mol. The maximum Gasteiger partial charge on any atom is 0.416 e. The number of esters is 1. The lowest BCUT2D eigenvalue weighted by molar-refractivity contribution is -0.0965. The number of aryl methyl sites for hydroxylation is 1. The van der Waals surface area contributed by atoms with Gasteiger partial charge in [0, 0.05) is 23.6 Å². The molecule has 2 heterocycles. The Morgan fingerprint density at radius 3 is 2.08 bits per heavy atom. The molecule has 0 radical (unpaired) electrons. The number of ether oxygens (including phenoxy) is 3. The van der Waals surface area contributed by atoms with Crippen LogP contribution in [0.15, 0.2) is 48.7 Å². The van der Waals surface area contributed by atoms with Gasteiger partial charge in [-0.15, -0.1) is 9.73 Å². The number of fused-ring (bicyclic) bond motifs is 1. The van der Waals surface area contributed by atoms with E-state index in [0.29, 0.717) is 22.4 Å². The van der Waals surface area contributed by atoms with E-state index in [-0.39, 0.29) is 27.8 Å². The van der Waals surface area contributed by atoms with Crippen LogP contribution in [0.4, 0.5) is 9.18 Å². The van der Waals surface area contributed by atoms with Crippen LogP contribution in [0.25, 0.3) is 27.9 Å². The Morgan fingerprint density at radius 1 is 0.917 bits per heavy atom. The summed E-state index contributed by atoms with van der Waals surface area (Å²) in [5, 5.41) is 9.02.